The monoisotopic (exact) mass is 279 g/mol. The number of carbonyl (C=O) groups excluding carboxylic acids is 1. The highest BCUT2D eigenvalue weighted by molar-refractivity contribution is 5.94. The Hall–Kier alpha value is -2.57. The lowest BCUT2D eigenvalue weighted by Gasteiger charge is -2.03. The molecule has 0 unspecified atom stereocenters. The molecule has 1 amide bonds. The lowest BCUT2D eigenvalue weighted by molar-refractivity contribution is 0.0963. The molecule has 2 aromatic rings. The van der Waals surface area contributed by atoms with Crippen LogP contribution in [0.2, 0.25) is 0 Å². The fraction of sp³-hybridized carbons (Fsp3) is 0.167. The van der Waals surface area contributed by atoms with Gasteiger partial charge in [0, 0.05) is 23.7 Å². The van der Waals surface area contributed by atoms with Crippen LogP contribution < -0.4 is 5.32 Å². The van der Waals surface area contributed by atoms with E-state index in [0.29, 0.717) is 5.56 Å². The van der Waals surface area contributed by atoms with Gasteiger partial charge in [0.25, 0.3) is 5.91 Å². The van der Waals surface area contributed by atoms with Crippen molar-refractivity contribution >= 4 is 5.91 Å². The molecule has 0 bridgehead atoms. The molecule has 2 aromatic carbocycles. The van der Waals surface area contributed by atoms with Crippen molar-refractivity contribution in [3.8, 4) is 11.8 Å². The van der Waals surface area contributed by atoms with Crippen LogP contribution >= 0.6 is 0 Å². The van der Waals surface area contributed by atoms with Crippen LogP contribution in [0.5, 0.6) is 0 Å². The minimum Gasteiger partial charge on any atom is -0.389 e. The van der Waals surface area contributed by atoms with Gasteiger partial charge in [-0.3, -0.25) is 4.79 Å². The average molecular weight is 279 g/mol. The standard InChI is InChI=1S/C18H17NO2/c1-13(20)16-9-5-14(6-10-16)3-4-15-7-11-17(12-8-15)18(21)19-2/h5-13,20H,1-2H3,(H,19,21)/t13-/m1/s1. The lowest BCUT2D eigenvalue weighted by atomic mass is 10.1. The van der Waals surface area contributed by atoms with Gasteiger partial charge in [0.1, 0.15) is 0 Å². The molecule has 0 saturated heterocycles. The molecule has 0 aliphatic heterocycles. The number of aliphatic hydroxyl groups is 1. The van der Waals surface area contributed by atoms with Crippen LogP contribution in [0.25, 0.3) is 0 Å². The summed E-state index contributed by atoms with van der Waals surface area (Å²) in [5.74, 6) is 6.00. The number of benzene rings is 2. The second-order valence-corrected chi connectivity index (χ2v) is 4.70. The maximum Gasteiger partial charge on any atom is 0.251 e. The first-order valence-electron chi connectivity index (χ1n) is 6.72. The number of carbonyl (C=O) groups is 1. The fourth-order valence-corrected chi connectivity index (χ4v) is 1.84. The molecule has 0 heterocycles. The summed E-state index contributed by atoms with van der Waals surface area (Å²) >= 11 is 0. The van der Waals surface area contributed by atoms with E-state index < -0.39 is 6.10 Å². The van der Waals surface area contributed by atoms with Crippen molar-refractivity contribution in [2.75, 3.05) is 7.05 Å². The molecule has 2 N–H and O–H groups in total. The zero-order valence-electron chi connectivity index (χ0n) is 12.1. The molecule has 1 atom stereocenters. The van der Waals surface area contributed by atoms with Crippen molar-refractivity contribution in [1.29, 1.82) is 0 Å². The molecule has 0 saturated carbocycles. The molecule has 0 aliphatic rings. The largest absolute Gasteiger partial charge is 0.389 e. The van der Waals surface area contributed by atoms with Gasteiger partial charge in [-0.25, -0.2) is 0 Å². The molecule has 0 radical (unpaired) electrons. The molecule has 0 spiro atoms. The van der Waals surface area contributed by atoms with Crippen LogP contribution in [-0.2, 0) is 0 Å². The molecule has 0 fully saturated rings. The Kier molecular flexibility index (Phi) is 4.76. The van der Waals surface area contributed by atoms with E-state index in [4.69, 9.17) is 0 Å². The van der Waals surface area contributed by atoms with Gasteiger partial charge in [0.15, 0.2) is 0 Å². The Morgan fingerprint density at radius 3 is 1.90 bits per heavy atom. The predicted octanol–water partition coefficient (Wildman–Crippen LogP) is 2.50. The third-order valence-electron chi connectivity index (χ3n) is 3.12. The van der Waals surface area contributed by atoms with Crippen LogP contribution in [0, 0.1) is 11.8 Å². The smallest absolute Gasteiger partial charge is 0.251 e. The van der Waals surface area contributed by atoms with Gasteiger partial charge < -0.3 is 10.4 Å². The lowest BCUT2D eigenvalue weighted by Crippen LogP contribution is -2.17. The highest BCUT2D eigenvalue weighted by Crippen LogP contribution is 2.12. The van der Waals surface area contributed by atoms with E-state index in [1.807, 2.05) is 36.4 Å². The number of hydrogen-bond donors (Lipinski definition) is 2. The first-order chi connectivity index (χ1) is 10.1. The minimum atomic E-state index is -0.468. The molecule has 21 heavy (non-hydrogen) atoms. The third kappa shape index (κ3) is 3.95. The number of rotatable bonds is 2. The molecule has 106 valence electrons. The van der Waals surface area contributed by atoms with Crippen LogP contribution in [0.4, 0.5) is 0 Å². The summed E-state index contributed by atoms with van der Waals surface area (Å²) in [4.78, 5) is 11.4. The number of aliphatic hydroxyl groups excluding tert-OH is 1. The second-order valence-electron chi connectivity index (χ2n) is 4.70. The first-order valence-corrected chi connectivity index (χ1v) is 6.72. The van der Waals surface area contributed by atoms with Crippen molar-refractivity contribution in [2.45, 2.75) is 13.0 Å². The summed E-state index contributed by atoms with van der Waals surface area (Å²) in [6, 6.07) is 14.6. The van der Waals surface area contributed by atoms with Crippen LogP contribution in [0.1, 0.15) is 40.1 Å². The highest BCUT2D eigenvalue weighted by Gasteiger charge is 2.01. The summed E-state index contributed by atoms with van der Waals surface area (Å²) in [5.41, 5.74) is 3.22. The number of nitrogens with one attached hydrogen (secondary N) is 1. The molecule has 3 nitrogen and oxygen atoms in total. The molecule has 2 rings (SSSR count). The molecule has 0 aliphatic carbocycles. The molecule has 0 aromatic heterocycles. The zero-order valence-corrected chi connectivity index (χ0v) is 12.1. The maximum atomic E-state index is 11.4. The van der Waals surface area contributed by atoms with Crippen molar-refractivity contribution in [2.24, 2.45) is 0 Å². The first kappa shape index (κ1) is 14.8. The third-order valence-corrected chi connectivity index (χ3v) is 3.12. The van der Waals surface area contributed by atoms with E-state index in [1.165, 1.54) is 0 Å². The Balaban J connectivity index is 2.13. The van der Waals surface area contributed by atoms with Gasteiger partial charge in [0.05, 0.1) is 6.10 Å². The van der Waals surface area contributed by atoms with Gasteiger partial charge in [-0.05, 0) is 48.9 Å². The van der Waals surface area contributed by atoms with E-state index in [9.17, 15) is 9.90 Å². The van der Waals surface area contributed by atoms with Crippen molar-refractivity contribution < 1.29 is 9.90 Å². The summed E-state index contributed by atoms with van der Waals surface area (Å²) in [6.07, 6.45) is -0.468. The Bertz CT molecular complexity index is 674. The zero-order chi connectivity index (χ0) is 15.2. The highest BCUT2D eigenvalue weighted by atomic mass is 16.3. The Morgan fingerprint density at radius 1 is 1.00 bits per heavy atom. The van der Waals surface area contributed by atoms with Crippen LogP contribution in [-0.4, -0.2) is 18.1 Å². The van der Waals surface area contributed by atoms with E-state index in [1.54, 1.807) is 26.1 Å². The van der Waals surface area contributed by atoms with E-state index in [-0.39, 0.29) is 5.91 Å². The quantitative estimate of drug-likeness (QED) is 0.830. The van der Waals surface area contributed by atoms with Crippen molar-refractivity contribution in [3.05, 3.63) is 70.8 Å². The van der Waals surface area contributed by atoms with Crippen molar-refractivity contribution in [1.82, 2.24) is 5.32 Å². The minimum absolute atomic E-state index is 0.108. The van der Waals surface area contributed by atoms with Crippen molar-refractivity contribution in [3.63, 3.8) is 0 Å². The van der Waals surface area contributed by atoms with E-state index in [2.05, 4.69) is 17.2 Å². The average Bonchev–Trinajstić information content (AvgIpc) is 2.53. The summed E-state index contributed by atoms with van der Waals surface area (Å²) in [6.45, 7) is 1.73. The summed E-state index contributed by atoms with van der Waals surface area (Å²) < 4.78 is 0. The normalized spacial score (nSPS) is 11.2. The number of amides is 1. The molecular weight excluding hydrogens is 262 g/mol. The topological polar surface area (TPSA) is 49.3 Å². The summed E-state index contributed by atoms with van der Waals surface area (Å²) in [7, 11) is 1.60. The fourth-order valence-electron chi connectivity index (χ4n) is 1.84. The Morgan fingerprint density at radius 2 is 1.48 bits per heavy atom. The molecule has 3 heteroatoms. The SMILES string of the molecule is CNC(=O)c1ccc(C#Cc2ccc([C@@H](C)O)cc2)cc1. The van der Waals surface area contributed by atoms with Gasteiger partial charge in [-0.2, -0.15) is 0 Å². The van der Waals surface area contributed by atoms with E-state index in [0.717, 1.165) is 16.7 Å². The molecular formula is C18H17NO2. The summed E-state index contributed by atoms with van der Waals surface area (Å²) in [5, 5.41) is 12.0. The maximum absolute atomic E-state index is 11.4. The van der Waals surface area contributed by atoms with Crippen LogP contribution in [0.3, 0.4) is 0 Å². The second kappa shape index (κ2) is 6.74. The predicted molar refractivity (Wildman–Crippen MR) is 82.9 cm³/mol. The van der Waals surface area contributed by atoms with Gasteiger partial charge in [-0.1, -0.05) is 24.0 Å². The van der Waals surface area contributed by atoms with Gasteiger partial charge >= 0.3 is 0 Å². The van der Waals surface area contributed by atoms with E-state index >= 15 is 0 Å². The van der Waals surface area contributed by atoms with Gasteiger partial charge in [-0.15, -0.1) is 0 Å². The Labute approximate surface area is 124 Å². The van der Waals surface area contributed by atoms with Gasteiger partial charge in [0.2, 0.25) is 0 Å². The number of hydrogen-bond acceptors (Lipinski definition) is 2. The van der Waals surface area contributed by atoms with Crippen LogP contribution in [0.15, 0.2) is 48.5 Å².